The van der Waals surface area contributed by atoms with Crippen LogP contribution in [0.3, 0.4) is 0 Å². The third-order valence-electron chi connectivity index (χ3n) is 3.99. The normalized spacial score (nSPS) is 16.9. The zero-order chi connectivity index (χ0) is 16.1. The van der Waals surface area contributed by atoms with Gasteiger partial charge < -0.3 is 14.1 Å². The summed E-state index contributed by atoms with van der Waals surface area (Å²) >= 11 is 0. The van der Waals surface area contributed by atoms with E-state index in [1.54, 1.807) is 7.11 Å². The van der Waals surface area contributed by atoms with Gasteiger partial charge in [0.05, 0.1) is 13.7 Å². The maximum Gasteiger partial charge on any atom is 0.293 e. The summed E-state index contributed by atoms with van der Waals surface area (Å²) in [5.41, 5.74) is 3.37. The van der Waals surface area contributed by atoms with Crippen molar-refractivity contribution in [3.05, 3.63) is 42.2 Å². The van der Waals surface area contributed by atoms with Crippen LogP contribution in [0.5, 0.6) is 11.5 Å². The molecule has 0 aliphatic carbocycles. The molecule has 1 aliphatic rings. The number of nitrogens with zero attached hydrogens (tertiary/aromatic N) is 1. The number of pyridine rings is 1. The van der Waals surface area contributed by atoms with Crippen molar-refractivity contribution in [2.75, 3.05) is 20.3 Å². The van der Waals surface area contributed by atoms with E-state index in [4.69, 9.17) is 14.1 Å². The molecule has 3 rings (SSSR count). The molecule has 2 heterocycles. The van der Waals surface area contributed by atoms with Gasteiger partial charge in [-0.15, -0.1) is 0 Å². The Morgan fingerprint density at radius 1 is 1.22 bits per heavy atom. The monoisotopic (exact) mass is 310 g/mol. The van der Waals surface area contributed by atoms with Gasteiger partial charge in [-0.2, -0.15) is 0 Å². The van der Waals surface area contributed by atoms with Crippen molar-refractivity contribution in [1.29, 1.82) is 0 Å². The molecule has 1 atom stereocenters. The molecule has 0 amide bonds. The van der Waals surface area contributed by atoms with Crippen LogP contribution in [0.4, 0.5) is 0 Å². The van der Waals surface area contributed by atoms with E-state index in [9.17, 15) is 0 Å². The molecule has 5 heteroatoms. The van der Waals surface area contributed by atoms with Gasteiger partial charge in [0.1, 0.15) is 0 Å². The fourth-order valence-electron chi connectivity index (χ4n) is 2.69. The van der Waals surface area contributed by atoms with Crippen LogP contribution in [0.2, 0.25) is 6.32 Å². The highest BCUT2D eigenvalue weighted by molar-refractivity contribution is 6.28. The summed E-state index contributed by atoms with van der Waals surface area (Å²) < 4.78 is 16.5. The topological polar surface area (TPSA) is 40.6 Å². The first-order chi connectivity index (χ1) is 11.3. The number of hydrogen-bond acceptors (Lipinski definition) is 4. The molecule has 0 spiro atoms. The molecular formula is C18H21BNO3. The molecular weight excluding hydrogens is 289 g/mol. The lowest BCUT2D eigenvalue weighted by atomic mass is 9.86. The van der Waals surface area contributed by atoms with Gasteiger partial charge in [0, 0.05) is 30.5 Å². The molecule has 1 radical (unpaired) electrons. The van der Waals surface area contributed by atoms with Crippen LogP contribution >= 0.6 is 0 Å². The maximum atomic E-state index is 5.80. The van der Waals surface area contributed by atoms with Gasteiger partial charge in [0.2, 0.25) is 0 Å². The molecule has 0 bridgehead atoms. The molecule has 1 aliphatic heterocycles. The van der Waals surface area contributed by atoms with Crippen molar-refractivity contribution < 1.29 is 14.1 Å². The minimum absolute atomic E-state index is 0.400. The zero-order valence-corrected chi connectivity index (χ0v) is 13.6. The summed E-state index contributed by atoms with van der Waals surface area (Å²) in [7, 11) is 3.54. The van der Waals surface area contributed by atoms with Crippen LogP contribution in [-0.4, -0.2) is 32.8 Å². The molecule has 1 fully saturated rings. The zero-order valence-electron chi connectivity index (χ0n) is 13.6. The molecule has 23 heavy (non-hydrogen) atoms. The van der Waals surface area contributed by atoms with E-state index >= 15 is 0 Å². The summed E-state index contributed by atoms with van der Waals surface area (Å²) in [4.78, 5) is 4.40. The Morgan fingerprint density at radius 2 is 2.13 bits per heavy atom. The van der Waals surface area contributed by atoms with Crippen molar-refractivity contribution in [3.8, 4) is 22.6 Å². The second-order valence-electron chi connectivity index (χ2n) is 5.65. The average Bonchev–Trinajstić information content (AvgIpc) is 3.14. The summed E-state index contributed by atoms with van der Waals surface area (Å²) in [6.07, 6.45) is 5.71. The van der Waals surface area contributed by atoms with Crippen LogP contribution < -0.4 is 9.47 Å². The van der Waals surface area contributed by atoms with Gasteiger partial charge in [-0.05, 0) is 42.1 Å². The van der Waals surface area contributed by atoms with Gasteiger partial charge >= 0.3 is 0 Å². The largest absolute Gasteiger partial charge is 0.493 e. The number of methoxy groups -OCH3 is 1. The summed E-state index contributed by atoms with van der Waals surface area (Å²) in [6.45, 7) is 3.50. The van der Waals surface area contributed by atoms with Gasteiger partial charge in [-0.25, -0.2) is 0 Å². The van der Waals surface area contributed by atoms with Gasteiger partial charge in [-0.3, -0.25) is 4.98 Å². The van der Waals surface area contributed by atoms with Crippen molar-refractivity contribution in [1.82, 2.24) is 4.98 Å². The lowest BCUT2D eigenvalue weighted by molar-refractivity contribution is 0.294. The van der Waals surface area contributed by atoms with E-state index in [1.807, 2.05) is 38.1 Å². The number of ether oxygens (including phenoxy) is 2. The predicted octanol–water partition coefficient (Wildman–Crippen LogP) is 3.70. The second-order valence-corrected chi connectivity index (χ2v) is 5.65. The van der Waals surface area contributed by atoms with Crippen molar-refractivity contribution >= 4 is 7.48 Å². The quantitative estimate of drug-likeness (QED) is 0.763. The van der Waals surface area contributed by atoms with E-state index in [0.717, 1.165) is 42.0 Å². The summed E-state index contributed by atoms with van der Waals surface area (Å²) in [6, 6.07) is 8.19. The third-order valence-corrected chi connectivity index (χ3v) is 3.99. The van der Waals surface area contributed by atoms with Crippen LogP contribution in [0, 0.1) is 0 Å². The van der Waals surface area contributed by atoms with Gasteiger partial charge in [0.15, 0.2) is 11.5 Å². The third kappa shape index (κ3) is 3.67. The Hall–Kier alpha value is -2.01. The molecule has 2 aromatic rings. The molecule has 0 unspecified atom stereocenters. The Bertz CT molecular complexity index is 656. The summed E-state index contributed by atoms with van der Waals surface area (Å²) in [5, 5.41) is 0. The maximum absolute atomic E-state index is 5.80. The van der Waals surface area contributed by atoms with Gasteiger partial charge in [0.25, 0.3) is 7.48 Å². The fraction of sp³-hybridized carbons (Fsp3) is 0.389. The van der Waals surface area contributed by atoms with E-state index in [-0.39, 0.29) is 0 Å². The Balaban J connectivity index is 1.89. The summed E-state index contributed by atoms with van der Waals surface area (Å²) in [5.74, 6) is 1.93. The number of aromatic nitrogens is 1. The Labute approximate surface area is 138 Å². The number of rotatable bonds is 6. The predicted molar refractivity (Wildman–Crippen MR) is 91.3 cm³/mol. The molecule has 4 nitrogen and oxygen atoms in total. The Kier molecular flexibility index (Phi) is 5.18. The highest BCUT2D eigenvalue weighted by Gasteiger charge is 2.20. The van der Waals surface area contributed by atoms with Crippen LogP contribution in [0.1, 0.15) is 24.8 Å². The molecule has 119 valence electrons. The fourth-order valence-corrected chi connectivity index (χ4v) is 2.69. The first-order valence-corrected chi connectivity index (χ1v) is 8.01. The molecule has 0 saturated carbocycles. The second kappa shape index (κ2) is 7.51. The lowest BCUT2D eigenvalue weighted by Crippen LogP contribution is -1.99. The molecule has 0 N–H and O–H groups in total. The first kappa shape index (κ1) is 15.9. The standard InChI is InChI=1S/C18H21BNO3/c1-3-6-22-18-8-13(4-5-17(18)21-2)14-7-15(11-20-10-14)16-9-19-23-12-16/h4-5,7-8,10-11,16H,3,6,9,12H2,1-2H3/t16-/m0/s1. The van der Waals surface area contributed by atoms with E-state index in [2.05, 4.69) is 18.0 Å². The molecule has 1 saturated heterocycles. The smallest absolute Gasteiger partial charge is 0.293 e. The highest BCUT2D eigenvalue weighted by atomic mass is 16.5. The van der Waals surface area contributed by atoms with Crippen LogP contribution in [-0.2, 0) is 4.65 Å². The minimum Gasteiger partial charge on any atom is -0.493 e. The molecule has 1 aromatic heterocycles. The number of hydrogen-bond donors (Lipinski definition) is 0. The Morgan fingerprint density at radius 3 is 2.87 bits per heavy atom. The van der Waals surface area contributed by atoms with Crippen molar-refractivity contribution in [2.45, 2.75) is 25.6 Å². The molecule has 1 aromatic carbocycles. The van der Waals surface area contributed by atoms with E-state index in [1.165, 1.54) is 5.56 Å². The van der Waals surface area contributed by atoms with Crippen molar-refractivity contribution in [3.63, 3.8) is 0 Å². The van der Waals surface area contributed by atoms with E-state index < -0.39 is 0 Å². The minimum atomic E-state index is 0.400. The van der Waals surface area contributed by atoms with Crippen LogP contribution in [0.15, 0.2) is 36.7 Å². The highest BCUT2D eigenvalue weighted by Crippen LogP contribution is 2.34. The van der Waals surface area contributed by atoms with Gasteiger partial charge in [-0.1, -0.05) is 13.0 Å². The first-order valence-electron chi connectivity index (χ1n) is 8.01. The van der Waals surface area contributed by atoms with E-state index in [0.29, 0.717) is 12.5 Å². The lowest BCUT2D eigenvalue weighted by Gasteiger charge is -2.13. The SMILES string of the molecule is CCCOc1cc(-c2cncc([C@H]3C[B]OC3)c2)ccc1OC. The van der Waals surface area contributed by atoms with Crippen molar-refractivity contribution in [2.24, 2.45) is 0 Å². The number of benzene rings is 1. The average molecular weight is 310 g/mol. The van der Waals surface area contributed by atoms with Crippen LogP contribution in [0.25, 0.3) is 11.1 Å².